The first-order valence-corrected chi connectivity index (χ1v) is 5.30. The molecule has 1 amide bonds. The first-order valence-electron chi connectivity index (χ1n) is 5.30. The van der Waals surface area contributed by atoms with Gasteiger partial charge in [-0.2, -0.15) is 0 Å². The lowest BCUT2D eigenvalue weighted by Crippen LogP contribution is -2.36. The molecule has 0 aromatic carbocycles. The van der Waals surface area contributed by atoms with E-state index in [1.54, 1.807) is 20.8 Å². The zero-order chi connectivity index (χ0) is 13.5. The number of carbonyl (C=O) groups is 3. The molecule has 0 spiro atoms. The number of ether oxygens (including phenoxy) is 2. The van der Waals surface area contributed by atoms with Gasteiger partial charge in [0.15, 0.2) is 0 Å². The summed E-state index contributed by atoms with van der Waals surface area (Å²) in [5.74, 6) is -0.406. The number of nitrogens with one attached hydrogen (secondary N) is 1. The minimum atomic E-state index is -0.741. The second kappa shape index (κ2) is 6.88. The van der Waals surface area contributed by atoms with Gasteiger partial charge < -0.3 is 19.6 Å². The highest BCUT2D eigenvalue weighted by molar-refractivity contribution is 5.74. The van der Waals surface area contributed by atoms with Crippen LogP contribution in [0.1, 0.15) is 33.6 Å². The lowest BCUT2D eigenvalue weighted by molar-refractivity contribution is -0.155. The number of aldehydes is 1. The summed E-state index contributed by atoms with van der Waals surface area (Å²) in [7, 11) is 1.20. The topological polar surface area (TPSA) is 81.7 Å². The van der Waals surface area contributed by atoms with Gasteiger partial charge in [-0.15, -0.1) is 0 Å². The van der Waals surface area contributed by atoms with Crippen molar-refractivity contribution in [3.05, 3.63) is 0 Å². The Bertz CT molecular complexity index is 282. The number of alkyl carbamates (subject to hydrolysis) is 1. The maximum absolute atomic E-state index is 11.4. The third-order valence-electron chi connectivity index (χ3n) is 1.73. The fourth-order valence-corrected chi connectivity index (χ4v) is 1.05. The summed E-state index contributed by atoms with van der Waals surface area (Å²) in [5, 5.41) is 2.30. The number of hydrogen-bond donors (Lipinski definition) is 1. The molecule has 1 N–H and O–H groups in total. The Kier molecular flexibility index (Phi) is 6.23. The summed E-state index contributed by atoms with van der Waals surface area (Å²) < 4.78 is 9.41. The molecule has 0 heterocycles. The van der Waals surface area contributed by atoms with Crippen LogP contribution in [0.2, 0.25) is 0 Å². The van der Waals surface area contributed by atoms with E-state index >= 15 is 0 Å². The van der Waals surface area contributed by atoms with Crippen LogP contribution in [0.25, 0.3) is 0 Å². The van der Waals surface area contributed by atoms with Crippen LogP contribution in [0.4, 0.5) is 4.79 Å². The summed E-state index contributed by atoms with van der Waals surface area (Å²) in [5.41, 5.74) is -0.552. The zero-order valence-corrected chi connectivity index (χ0v) is 10.6. The van der Waals surface area contributed by atoms with Gasteiger partial charge in [0.1, 0.15) is 11.9 Å². The molecule has 0 radical (unpaired) electrons. The second-order valence-electron chi connectivity index (χ2n) is 4.50. The molecule has 0 bridgehead atoms. The average molecular weight is 245 g/mol. The van der Waals surface area contributed by atoms with Crippen molar-refractivity contribution in [3.63, 3.8) is 0 Å². The third kappa shape index (κ3) is 8.24. The molecule has 0 aliphatic rings. The molecule has 0 rings (SSSR count). The SMILES string of the molecule is COC(=O)N[C@H](C=O)CCC(=O)OC(C)(C)C. The van der Waals surface area contributed by atoms with E-state index in [2.05, 4.69) is 10.1 Å². The molecule has 0 aromatic rings. The number of methoxy groups -OCH3 is 1. The Morgan fingerprint density at radius 1 is 1.35 bits per heavy atom. The Morgan fingerprint density at radius 3 is 2.35 bits per heavy atom. The monoisotopic (exact) mass is 245 g/mol. The van der Waals surface area contributed by atoms with E-state index in [4.69, 9.17) is 4.74 Å². The third-order valence-corrected chi connectivity index (χ3v) is 1.73. The molecule has 6 nitrogen and oxygen atoms in total. The summed E-state index contributed by atoms with van der Waals surface area (Å²) in [6.45, 7) is 5.28. The van der Waals surface area contributed by atoms with Crippen molar-refractivity contribution in [1.29, 1.82) is 0 Å². The molecule has 0 aliphatic heterocycles. The summed E-state index contributed by atoms with van der Waals surface area (Å²) in [6.07, 6.45) is 0.103. The normalized spacial score (nSPS) is 12.5. The predicted octanol–water partition coefficient (Wildman–Crippen LogP) is 1.03. The smallest absolute Gasteiger partial charge is 0.407 e. The highest BCUT2D eigenvalue weighted by atomic mass is 16.6. The van der Waals surface area contributed by atoms with E-state index in [1.165, 1.54) is 7.11 Å². The van der Waals surface area contributed by atoms with Crippen molar-refractivity contribution in [1.82, 2.24) is 5.32 Å². The summed E-state index contributed by atoms with van der Waals surface area (Å²) in [4.78, 5) is 32.8. The molecule has 1 atom stereocenters. The number of rotatable bonds is 5. The molecule has 0 fully saturated rings. The van der Waals surface area contributed by atoms with Crippen molar-refractivity contribution in [2.75, 3.05) is 7.11 Å². The Hall–Kier alpha value is -1.59. The maximum atomic E-state index is 11.4. The second-order valence-corrected chi connectivity index (χ2v) is 4.50. The Morgan fingerprint density at radius 2 is 1.94 bits per heavy atom. The minimum Gasteiger partial charge on any atom is -0.460 e. The van der Waals surface area contributed by atoms with Crippen molar-refractivity contribution in [3.8, 4) is 0 Å². The zero-order valence-electron chi connectivity index (χ0n) is 10.6. The molecule has 0 unspecified atom stereocenters. The first-order chi connectivity index (χ1) is 7.78. The fraction of sp³-hybridized carbons (Fsp3) is 0.727. The van der Waals surface area contributed by atoms with E-state index in [-0.39, 0.29) is 12.8 Å². The molecular formula is C11H19NO5. The predicted molar refractivity (Wildman–Crippen MR) is 60.5 cm³/mol. The molecule has 6 heteroatoms. The van der Waals surface area contributed by atoms with Gasteiger partial charge in [-0.1, -0.05) is 0 Å². The highest BCUT2D eigenvalue weighted by Crippen LogP contribution is 2.09. The van der Waals surface area contributed by atoms with E-state index in [0.717, 1.165) is 0 Å². The van der Waals surface area contributed by atoms with Gasteiger partial charge >= 0.3 is 12.1 Å². The van der Waals surface area contributed by atoms with Crippen LogP contribution in [0.15, 0.2) is 0 Å². The van der Waals surface area contributed by atoms with Crippen molar-refractivity contribution < 1.29 is 23.9 Å². The minimum absolute atomic E-state index is 0.0602. The van der Waals surface area contributed by atoms with Crippen molar-refractivity contribution >= 4 is 18.3 Å². The summed E-state index contributed by atoms with van der Waals surface area (Å²) in [6, 6.07) is -0.741. The van der Waals surface area contributed by atoms with Gasteiger partial charge in [-0.05, 0) is 27.2 Å². The number of hydrogen-bond acceptors (Lipinski definition) is 5. The first kappa shape index (κ1) is 15.4. The average Bonchev–Trinajstić information content (AvgIpc) is 2.21. The van der Waals surface area contributed by atoms with Crippen LogP contribution >= 0.6 is 0 Å². The quantitative estimate of drug-likeness (QED) is 0.578. The van der Waals surface area contributed by atoms with Gasteiger partial charge in [0.2, 0.25) is 0 Å². The molecule has 0 saturated heterocycles. The number of esters is 1. The number of carbonyl (C=O) groups excluding carboxylic acids is 3. The lowest BCUT2D eigenvalue weighted by Gasteiger charge is -2.20. The van der Waals surface area contributed by atoms with E-state index < -0.39 is 23.7 Å². The van der Waals surface area contributed by atoms with E-state index in [0.29, 0.717) is 6.29 Å². The van der Waals surface area contributed by atoms with Crippen LogP contribution in [0, 0.1) is 0 Å². The standard InChI is InChI=1S/C11H19NO5/c1-11(2,3)17-9(14)6-5-8(7-13)12-10(15)16-4/h7-8H,5-6H2,1-4H3,(H,12,15)/t8-/m0/s1. The summed E-state index contributed by atoms with van der Waals surface area (Å²) >= 11 is 0. The Balaban J connectivity index is 4.03. The van der Waals surface area contributed by atoms with Gasteiger partial charge in [0.25, 0.3) is 0 Å². The van der Waals surface area contributed by atoms with Crippen LogP contribution in [0.5, 0.6) is 0 Å². The highest BCUT2D eigenvalue weighted by Gasteiger charge is 2.18. The van der Waals surface area contributed by atoms with Gasteiger partial charge in [-0.25, -0.2) is 4.79 Å². The Labute approximate surface area is 101 Å². The van der Waals surface area contributed by atoms with Gasteiger partial charge in [0.05, 0.1) is 13.2 Å². The van der Waals surface area contributed by atoms with Crippen LogP contribution in [-0.4, -0.2) is 37.1 Å². The largest absolute Gasteiger partial charge is 0.460 e. The molecular weight excluding hydrogens is 226 g/mol. The van der Waals surface area contributed by atoms with Gasteiger partial charge in [0, 0.05) is 6.42 Å². The van der Waals surface area contributed by atoms with Crippen LogP contribution < -0.4 is 5.32 Å². The van der Waals surface area contributed by atoms with E-state index in [1.807, 2.05) is 0 Å². The van der Waals surface area contributed by atoms with Crippen molar-refractivity contribution in [2.24, 2.45) is 0 Å². The fourth-order valence-electron chi connectivity index (χ4n) is 1.05. The van der Waals surface area contributed by atoms with Crippen molar-refractivity contribution in [2.45, 2.75) is 45.3 Å². The van der Waals surface area contributed by atoms with Crippen LogP contribution in [0.3, 0.4) is 0 Å². The molecule has 0 saturated carbocycles. The molecule has 0 aromatic heterocycles. The molecule has 17 heavy (non-hydrogen) atoms. The maximum Gasteiger partial charge on any atom is 0.407 e. The van der Waals surface area contributed by atoms with E-state index in [9.17, 15) is 14.4 Å². The lowest BCUT2D eigenvalue weighted by atomic mass is 10.1. The van der Waals surface area contributed by atoms with Crippen LogP contribution in [-0.2, 0) is 19.1 Å². The van der Waals surface area contributed by atoms with Gasteiger partial charge in [-0.3, -0.25) is 4.79 Å². The molecule has 0 aliphatic carbocycles. The molecule has 98 valence electrons. The number of amides is 1.